The van der Waals surface area contributed by atoms with E-state index < -0.39 is 39.6 Å². The summed E-state index contributed by atoms with van der Waals surface area (Å²) in [7, 11) is 0. The first kappa shape index (κ1) is 17.3. The number of alkyl halides is 3. The molecule has 0 heterocycles. The van der Waals surface area contributed by atoms with Gasteiger partial charge in [-0.1, -0.05) is 30.3 Å². The lowest BCUT2D eigenvalue weighted by atomic mass is 10.0. The van der Waals surface area contributed by atoms with Gasteiger partial charge in [0.2, 0.25) is 0 Å². The van der Waals surface area contributed by atoms with E-state index in [0.29, 0.717) is 11.6 Å². The molecule has 0 aromatic heterocycles. The Kier molecular flexibility index (Phi) is 4.72. The number of carboxylic acid groups (broad SMARTS) is 1. The summed E-state index contributed by atoms with van der Waals surface area (Å²) in [4.78, 5) is 20.9. The van der Waals surface area contributed by atoms with Crippen molar-refractivity contribution < 1.29 is 28.0 Å². The van der Waals surface area contributed by atoms with Gasteiger partial charge in [-0.2, -0.15) is 13.2 Å². The zero-order chi connectivity index (χ0) is 17.9. The quantitative estimate of drug-likeness (QED) is 0.636. The zero-order valence-electron chi connectivity index (χ0n) is 12.0. The average molecular weight is 340 g/mol. The third kappa shape index (κ3) is 3.62. The van der Waals surface area contributed by atoms with Crippen molar-refractivity contribution in [3.8, 4) is 0 Å². The number of nitrogens with one attached hydrogen (secondary N) is 1. The number of nitro groups is 1. The van der Waals surface area contributed by atoms with Crippen molar-refractivity contribution in [1.82, 2.24) is 0 Å². The third-order valence-corrected chi connectivity index (χ3v) is 3.21. The van der Waals surface area contributed by atoms with Gasteiger partial charge in [0.1, 0.15) is 0 Å². The molecule has 0 fully saturated rings. The highest BCUT2D eigenvalue weighted by Crippen LogP contribution is 2.43. The predicted octanol–water partition coefficient (Wildman–Crippen LogP) is 3.92. The van der Waals surface area contributed by atoms with Gasteiger partial charge in [-0.05, 0) is 11.6 Å². The summed E-state index contributed by atoms with van der Waals surface area (Å²) in [5.74, 6) is -1.62. The maximum Gasteiger partial charge on any atom is 0.425 e. The van der Waals surface area contributed by atoms with Crippen LogP contribution < -0.4 is 5.32 Å². The van der Waals surface area contributed by atoms with Crippen LogP contribution in [0.3, 0.4) is 0 Å². The van der Waals surface area contributed by atoms with E-state index in [1.54, 1.807) is 30.3 Å². The first-order valence-corrected chi connectivity index (χ1v) is 6.61. The smallest absolute Gasteiger partial charge is 0.425 e. The van der Waals surface area contributed by atoms with Gasteiger partial charge in [0.15, 0.2) is 5.56 Å². The molecule has 0 spiro atoms. The molecule has 2 aromatic rings. The maximum atomic E-state index is 13.3. The molecule has 0 saturated heterocycles. The van der Waals surface area contributed by atoms with Gasteiger partial charge in [0.25, 0.3) is 5.69 Å². The lowest BCUT2D eigenvalue weighted by Gasteiger charge is -2.17. The van der Waals surface area contributed by atoms with Gasteiger partial charge in [-0.25, -0.2) is 4.79 Å². The van der Waals surface area contributed by atoms with E-state index in [-0.39, 0.29) is 6.54 Å². The van der Waals surface area contributed by atoms with Gasteiger partial charge < -0.3 is 10.4 Å². The summed E-state index contributed by atoms with van der Waals surface area (Å²) in [5, 5.41) is 22.4. The molecule has 2 aromatic carbocycles. The Balaban J connectivity index is 2.58. The van der Waals surface area contributed by atoms with Crippen molar-refractivity contribution in [2.45, 2.75) is 12.7 Å². The van der Waals surface area contributed by atoms with Crippen molar-refractivity contribution in [1.29, 1.82) is 0 Å². The summed E-state index contributed by atoms with van der Waals surface area (Å²) >= 11 is 0. The van der Waals surface area contributed by atoms with E-state index in [2.05, 4.69) is 5.32 Å². The van der Waals surface area contributed by atoms with Crippen LogP contribution >= 0.6 is 0 Å². The van der Waals surface area contributed by atoms with E-state index in [9.17, 15) is 28.1 Å². The van der Waals surface area contributed by atoms with Crippen LogP contribution in [-0.4, -0.2) is 16.0 Å². The molecule has 0 atom stereocenters. The van der Waals surface area contributed by atoms with Crippen LogP contribution in [0.25, 0.3) is 0 Å². The fourth-order valence-corrected chi connectivity index (χ4v) is 2.18. The molecule has 2 N–H and O–H groups in total. The fraction of sp³-hybridized carbons (Fsp3) is 0.133. The van der Waals surface area contributed by atoms with Crippen LogP contribution in [-0.2, 0) is 12.7 Å². The van der Waals surface area contributed by atoms with Crippen molar-refractivity contribution in [3.63, 3.8) is 0 Å². The van der Waals surface area contributed by atoms with E-state index in [1.807, 2.05) is 0 Å². The number of benzene rings is 2. The molecule has 0 radical (unpaired) electrons. The molecular weight excluding hydrogens is 329 g/mol. The number of rotatable bonds is 5. The predicted molar refractivity (Wildman–Crippen MR) is 78.8 cm³/mol. The summed E-state index contributed by atoms with van der Waals surface area (Å²) in [6.45, 7) is -0.120. The van der Waals surface area contributed by atoms with Gasteiger partial charge in [0.05, 0.1) is 16.2 Å². The average Bonchev–Trinajstić information content (AvgIpc) is 2.51. The first-order valence-electron chi connectivity index (χ1n) is 6.61. The lowest BCUT2D eigenvalue weighted by molar-refractivity contribution is -0.388. The largest absolute Gasteiger partial charge is 0.478 e. The Morgan fingerprint density at radius 1 is 1.17 bits per heavy atom. The molecule has 0 bridgehead atoms. The number of halogens is 3. The minimum atomic E-state index is -5.09. The second-order valence-corrected chi connectivity index (χ2v) is 4.78. The number of nitrogens with zero attached hydrogens (tertiary/aromatic N) is 1. The van der Waals surface area contributed by atoms with Gasteiger partial charge in [-0.3, -0.25) is 10.1 Å². The molecule has 126 valence electrons. The number of anilines is 1. The van der Waals surface area contributed by atoms with E-state index in [0.717, 1.165) is 6.07 Å². The molecule has 0 amide bonds. The lowest BCUT2D eigenvalue weighted by Crippen LogP contribution is -2.17. The number of carboxylic acids is 1. The van der Waals surface area contributed by atoms with Crippen LogP contribution in [0, 0.1) is 10.1 Å². The molecule has 0 aliphatic rings. The number of carbonyl (C=O) groups is 1. The molecule has 0 aliphatic heterocycles. The number of aromatic carboxylic acids is 1. The van der Waals surface area contributed by atoms with Crippen LogP contribution in [0.1, 0.15) is 21.5 Å². The zero-order valence-corrected chi connectivity index (χ0v) is 12.0. The van der Waals surface area contributed by atoms with Crippen LogP contribution in [0.2, 0.25) is 0 Å². The van der Waals surface area contributed by atoms with E-state index in [1.165, 1.54) is 0 Å². The van der Waals surface area contributed by atoms with Crippen LogP contribution in [0.4, 0.5) is 24.5 Å². The summed E-state index contributed by atoms with van der Waals surface area (Å²) in [6.07, 6.45) is -5.09. The molecule has 6 nitrogen and oxygen atoms in total. The van der Waals surface area contributed by atoms with Crippen molar-refractivity contribution in [3.05, 3.63) is 69.3 Å². The maximum absolute atomic E-state index is 13.3. The van der Waals surface area contributed by atoms with Crippen LogP contribution in [0.5, 0.6) is 0 Å². The normalized spacial score (nSPS) is 11.1. The number of nitro benzene ring substituents is 1. The standard InChI is InChI=1S/C15H11F3N2O4/c16-15(17,18)12-11(20(23)24)7-6-10(14(21)22)13(12)19-8-9-4-2-1-3-5-9/h1-7,19H,8H2,(H,21,22). The number of hydrogen-bond acceptors (Lipinski definition) is 4. The molecule has 0 saturated carbocycles. The minimum absolute atomic E-state index is 0.120. The van der Waals surface area contributed by atoms with Gasteiger partial charge in [0, 0.05) is 12.6 Å². The minimum Gasteiger partial charge on any atom is -0.478 e. The molecule has 9 heteroatoms. The molecule has 0 aliphatic carbocycles. The summed E-state index contributed by atoms with van der Waals surface area (Å²) in [6, 6.07) is 9.60. The molecule has 0 unspecified atom stereocenters. The highest BCUT2D eigenvalue weighted by molar-refractivity contribution is 5.96. The SMILES string of the molecule is O=C(O)c1ccc([N+](=O)[O-])c(C(F)(F)F)c1NCc1ccccc1. The Morgan fingerprint density at radius 3 is 2.29 bits per heavy atom. The molecule has 24 heavy (non-hydrogen) atoms. The fourth-order valence-electron chi connectivity index (χ4n) is 2.18. The second-order valence-electron chi connectivity index (χ2n) is 4.78. The third-order valence-electron chi connectivity index (χ3n) is 3.21. The van der Waals surface area contributed by atoms with Gasteiger partial charge >= 0.3 is 12.1 Å². The Labute approximate surface area is 133 Å². The topological polar surface area (TPSA) is 92.5 Å². The highest BCUT2D eigenvalue weighted by atomic mass is 19.4. The highest BCUT2D eigenvalue weighted by Gasteiger charge is 2.42. The second kappa shape index (κ2) is 6.57. The van der Waals surface area contributed by atoms with Crippen molar-refractivity contribution in [2.24, 2.45) is 0 Å². The Hall–Kier alpha value is -3.10. The first-order chi connectivity index (χ1) is 11.2. The number of hydrogen-bond donors (Lipinski definition) is 2. The van der Waals surface area contributed by atoms with Gasteiger partial charge in [-0.15, -0.1) is 0 Å². The van der Waals surface area contributed by atoms with E-state index in [4.69, 9.17) is 5.11 Å². The van der Waals surface area contributed by atoms with Crippen molar-refractivity contribution in [2.75, 3.05) is 5.32 Å². The Bertz CT molecular complexity index is 776. The molecule has 2 rings (SSSR count). The summed E-state index contributed by atoms with van der Waals surface area (Å²) in [5.41, 5.74) is -3.74. The summed E-state index contributed by atoms with van der Waals surface area (Å²) < 4.78 is 39.9. The monoisotopic (exact) mass is 340 g/mol. The van der Waals surface area contributed by atoms with Crippen molar-refractivity contribution >= 4 is 17.3 Å². The van der Waals surface area contributed by atoms with Crippen LogP contribution in [0.15, 0.2) is 42.5 Å². The Morgan fingerprint density at radius 2 is 1.79 bits per heavy atom. The van der Waals surface area contributed by atoms with E-state index >= 15 is 0 Å². The molecular formula is C15H11F3N2O4.